The number of ether oxygens (including phenoxy) is 2. The van der Waals surface area contributed by atoms with Gasteiger partial charge in [-0.05, 0) is 35.9 Å². The minimum atomic E-state index is 0.389. The van der Waals surface area contributed by atoms with Gasteiger partial charge in [-0.15, -0.1) is 0 Å². The van der Waals surface area contributed by atoms with Gasteiger partial charge < -0.3 is 14.8 Å². The third-order valence-electron chi connectivity index (χ3n) is 4.07. The first-order valence-corrected chi connectivity index (χ1v) is 9.35. The molecule has 0 fully saturated rings. The molecule has 1 aromatic heterocycles. The number of nitrogens with two attached hydrogens (primary N) is 1. The quantitative estimate of drug-likeness (QED) is 0.611. The number of benzene rings is 2. The van der Waals surface area contributed by atoms with Crippen molar-refractivity contribution in [3.05, 3.63) is 87.7 Å². The molecule has 0 saturated heterocycles. The van der Waals surface area contributed by atoms with Crippen molar-refractivity contribution in [1.29, 1.82) is 0 Å². The lowest BCUT2D eigenvalue weighted by Gasteiger charge is -2.14. The van der Waals surface area contributed by atoms with Crippen molar-refractivity contribution in [2.45, 2.75) is 19.7 Å². The van der Waals surface area contributed by atoms with E-state index < -0.39 is 0 Å². The Hall–Kier alpha value is -2.27. The van der Waals surface area contributed by atoms with E-state index in [9.17, 15) is 0 Å². The van der Waals surface area contributed by atoms with Crippen molar-refractivity contribution in [2.24, 2.45) is 0 Å². The van der Waals surface area contributed by atoms with Crippen molar-refractivity contribution in [2.75, 3.05) is 7.11 Å². The molecule has 0 radical (unpaired) electrons. The van der Waals surface area contributed by atoms with Crippen LogP contribution >= 0.6 is 23.2 Å². The van der Waals surface area contributed by atoms with Gasteiger partial charge in [0.2, 0.25) is 0 Å². The van der Waals surface area contributed by atoms with Gasteiger partial charge in [-0.25, -0.2) is 0 Å². The number of aromatic nitrogens is 1. The number of halogens is 2. The molecule has 0 aliphatic rings. The molecule has 0 bridgehead atoms. The summed E-state index contributed by atoms with van der Waals surface area (Å²) in [6.45, 7) is 2.02. The van der Waals surface area contributed by atoms with E-state index in [4.69, 9.17) is 32.7 Å². The zero-order valence-electron chi connectivity index (χ0n) is 15.0. The van der Waals surface area contributed by atoms with Crippen LogP contribution in [0.4, 0.5) is 0 Å². The molecular weight excluding hydrogens is 383 g/mol. The van der Waals surface area contributed by atoms with E-state index in [1.165, 1.54) is 5.56 Å². The molecule has 0 aliphatic heterocycles. The van der Waals surface area contributed by atoms with Crippen molar-refractivity contribution in [3.8, 4) is 11.5 Å². The van der Waals surface area contributed by atoms with E-state index in [-0.39, 0.29) is 0 Å². The summed E-state index contributed by atoms with van der Waals surface area (Å²) < 4.78 is 11.4. The molecule has 0 saturated carbocycles. The van der Waals surface area contributed by atoms with Crippen LogP contribution in [0.1, 0.15) is 16.7 Å². The molecule has 140 valence electrons. The van der Waals surface area contributed by atoms with Crippen LogP contribution in [0.3, 0.4) is 0 Å². The molecule has 6 heteroatoms. The molecular formula is C21H21Cl2N2O2+. The zero-order chi connectivity index (χ0) is 19.1. The summed E-state index contributed by atoms with van der Waals surface area (Å²) in [5.74, 6) is 1.17. The number of nitrogens with zero attached hydrogens (tertiary/aromatic N) is 1. The lowest BCUT2D eigenvalue weighted by molar-refractivity contribution is -0.686. The zero-order valence-corrected chi connectivity index (χ0v) is 16.5. The standard InChI is InChI=1S/C21H20Cl2N2O2/c1-26-20-10-17(13-25-12-16-3-2-8-24-11-16)9-19(23)21(20)27-14-15-4-6-18(22)7-5-15/h2-11,25H,12-14H2,1H3/p+1. The first kappa shape index (κ1) is 19.5. The maximum absolute atomic E-state index is 6.45. The van der Waals surface area contributed by atoms with Crippen LogP contribution in [0.2, 0.25) is 10.0 Å². The average Bonchev–Trinajstić information content (AvgIpc) is 2.69. The van der Waals surface area contributed by atoms with Crippen LogP contribution in [-0.2, 0) is 19.7 Å². The Labute approximate surface area is 169 Å². The highest BCUT2D eigenvalue weighted by atomic mass is 35.5. The van der Waals surface area contributed by atoms with Crippen LogP contribution in [0.15, 0.2) is 60.9 Å². The lowest BCUT2D eigenvalue weighted by Crippen LogP contribution is -2.80. The molecule has 0 atom stereocenters. The van der Waals surface area contributed by atoms with E-state index in [1.54, 1.807) is 13.3 Å². The van der Waals surface area contributed by atoms with E-state index in [0.717, 1.165) is 24.2 Å². The Morgan fingerprint density at radius 2 is 1.74 bits per heavy atom. The topological polar surface area (TPSA) is 48.0 Å². The van der Waals surface area contributed by atoms with Crippen molar-refractivity contribution < 1.29 is 14.8 Å². The lowest BCUT2D eigenvalue weighted by atomic mass is 10.2. The van der Waals surface area contributed by atoms with Crippen LogP contribution in [-0.4, -0.2) is 12.1 Å². The highest BCUT2D eigenvalue weighted by molar-refractivity contribution is 6.32. The number of methoxy groups -OCH3 is 1. The molecule has 3 rings (SSSR count). The monoisotopic (exact) mass is 403 g/mol. The summed E-state index contributed by atoms with van der Waals surface area (Å²) in [6, 6.07) is 15.4. The van der Waals surface area contributed by atoms with Gasteiger partial charge in [0.15, 0.2) is 11.5 Å². The van der Waals surface area contributed by atoms with E-state index in [2.05, 4.69) is 16.4 Å². The number of hydrogen-bond acceptors (Lipinski definition) is 3. The Bertz CT molecular complexity index is 871. The number of pyridine rings is 1. The van der Waals surface area contributed by atoms with Crippen molar-refractivity contribution in [1.82, 2.24) is 4.98 Å². The second-order valence-corrected chi connectivity index (χ2v) is 6.93. The minimum absolute atomic E-state index is 0.389. The normalized spacial score (nSPS) is 10.6. The van der Waals surface area contributed by atoms with Crippen LogP contribution in [0, 0.1) is 0 Å². The molecule has 2 aromatic carbocycles. The number of quaternary nitrogens is 1. The fraction of sp³-hybridized carbons (Fsp3) is 0.190. The van der Waals surface area contributed by atoms with Gasteiger partial charge in [0.1, 0.15) is 19.7 Å². The number of hydrogen-bond donors (Lipinski definition) is 1. The summed E-state index contributed by atoms with van der Waals surface area (Å²) in [5, 5.41) is 3.42. The fourth-order valence-corrected chi connectivity index (χ4v) is 3.11. The number of rotatable bonds is 8. The van der Waals surface area contributed by atoms with Gasteiger partial charge in [-0.1, -0.05) is 41.4 Å². The molecule has 3 aromatic rings. The third-order valence-corrected chi connectivity index (χ3v) is 4.60. The summed E-state index contributed by atoms with van der Waals surface area (Å²) in [5.41, 5.74) is 3.25. The van der Waals surface area contributed by atoms with Gasteiger partial charge in [-0.2, -0.15) is 0 Å². The molecule has 0 spiro atoms. The SMILES string of the molecule is COc1cc(C[NH2+]Cc2cccnc2)cc(Cl)c1OCc1ccc(Cl)cc1. The fourth-order valence-electron chi connectivity index (χ4n) is 2.69. The smallest absolute Gasteiger partial charge is 0.180 e. The molecule has 0 amide bonds. The molecule has 4 nitrogen and oxygen atoms in total. The predicted octanol–water partition coefficient (Wildman–Crippen LogP) is 4.24. The molecule has 27 heavy (non-hydrogen) atoms. The second-order valence-electron chi connectivity index (χ2n) is 6.08. The molecule has 0 aliphatic carbocycles. The minimum Gasteiger partial charge on any atom is -0.493 e. The van der Waals surface area contributed by atoms with Crippen LogP contribution < -0.4 is 14.8 Å². The van der Waals surface area contributed by atoms with Crippen molar-refractivity contribution in [3.63, 3.8) is 0 Å². The maximum atomic E-state index is 6.45. The maximum Gasteiger partial charge on any atom is 0.180 e. The summed E-state index contributed by atoms with van der Waals surface area (Å²) in [7, 11) is 1.62. The Kier molecular flexibility index (Phi) is 6.93. The first-order chi connectivity index (χ1) is 13.2. The third kappa shape index (κ3) is 5.60. The summed E-state index contributed by atoms with van der Waals surface area (Å²) in [6.07, 6.45) is 3.65. The first-order valence-electron chi connectivity index (χ1n) is 8.60. The molecule has 2 N–H and O–H groups in total. The van der Waals surface area contributed by atoms with Crippen LogP contribution in [0.5, 0.6) is 11.5 Å². The average molecular weight is 404 g/mol. The van der Waals surface area contributed by atoms with Crippen LogP contribution in [0.25, 0.3) is 0 Å². The Morgan fingerprint density at radius 1 is 0.963 bits per heavy atom. The van der Waals surface area contributed by atoms with Gasteiger partial charge in [0.25, 0.3) is 0 Å². The summed E-state index contributed by atoms with van der Waals surface area (Å²) >= 11 is 12.4. The van der Waals surface area contributed by atoms with Gasteiger partial charge in [0, 0.05) is 28.5 Å². The van der Waals surface area contributed by atoms with E-state index in [1.807, 2.05) is 48.7 Å². The summed E-state index contributed by atoms with van der Waals surface area (Å²) in [4.78, 5) is 4.13. The van der Waals surface area contributed by atoms with Gasteiger partial charge >= 0.3 is 0 Å². The Balaban J connectivity index is 1.64. The molecule has 0 unspecified atom stereocenters. The molecule has 1 heterocycles. The van der Waals surface area contributed by atoms with Gasteiger partial charge in [0.05, 0.1) is 12.1 Å². The van der Waals surface area contributed by atoms with Gasteiger partial charge in [-0.3, -0.25) is 4.98 Å². The predicted molar refractivity (Wildman–Crippen MR) is 107 cm³/mol. The van der Waals surface area contributed by atoms with Crippen molar-refractivity contribution >= 4 is 23.2 Å². The largest absolute Gasteiger partial charge is 0.493 e. The highest BCUT2D eigenvalue weighted by Gasteiger charge is 2.13. The van der Waals surface area contributed by atoms with E-state index in [0.29, 0.717) is 28.2 Å². The second kappa shape index (κ2) is 9.60. The van der Waals surface area contributed by atoms with E-state index >= 15 is 0 Å². The highest BCUT2D eigenvalue weighted by Crippen LogP contribution is 2.36. The Morgan fingerprint density at radius 3 is 2.44 bits per heavy atom.